The minimum atomic E-state index is -3.79. The van der Waals surface area contributed by atoms with Crippen molar-refractivity contribution in [2.24, 2.45) is 0 Å². The Morgan fingerprint density at radius 2 is 1.85 bits per heavy atom. The van der Waals surface area contributed by atoms with Crippen LogP contribution in [0.15, 0.2) is 45.9 Å². The van der Waals surface area contributed by atoms with Crippen molar-refractivity contribution in [2.45, 2.75) is 11.8 Å². The molecule has 0 saturated carbocycles. The lowest BCUT2D eigenvalue weighted by atomic mass is 10.2. The second-order valence-electron chi connectivity index (χ2n) is 5.88. The van der Waals surface area contributed by atoms with Crippen molar-refractivity contribution in [3.05, 3.63) is 56.7 Å². The van der Waals surface area contributed by atoms with E-state index in [4.69, 9.17) is 0 Å². The molecule has 2 heterocycles. The number of aromatic nitrogens is 1. The van der Waals surface area contributed by atoms with Gasteiger partial charge in [-0.05, 0) is 41.1 Å². The summed E-state index contributed by atoms with van der Waals surface area (Å²) >= 11 is 3.34. The average molecular weight is 441 g/mol. The topological polar surface area (TPSA) is 96.6 Å². The van der Waals surface area contributed by atoms with E-state index in [1.54, 1.807) is 6.20 Å². The van der Waals surface area contributed by atoms with Crippen LogP contribution >= 0.6 is 15.9 Å². The number of halogens is 1. The first-order valence-corrected chi connectivity index (χ1v) is 10.1. The number of nitro benzene ring substituents is 1. The van der Waals surface area contributed by atoms with Gasteiger partial charge in [0.25, 0.3) is 5.69 Å². The fraction of sp³-hybridized carbons (Fsp3) is 0.312. The van der Waals surface area contributed by atoms with Crippen LogP contribution < -0.4 is 4.90 Å². The van der Waals surface area contributed by atoms with Crippen molar-refractivity contribution >= 4 is 37.5 Å². The minimum absolute atomic E-state index is 0.0121. The minimum Gasteiger partial charge on any atom is -0.354 e. The van der Waals surface area contributed by atoms with Crippen molar-refractivity contribution < 1.29 is 13.3 Å². The molecule has 0 radical (unpaired) electrons. The molecule has 0 aliphatic carbocycles. The summed E-state index contributed by atoms with van der Waals surface area (Å²) in [6.45, 7) is 3.06. The molecule has 1 aliphatic rings. The van der Waals surface area contributed by atoms with E-state index in [2.05, 4.69) is 20.9 Å². The summed E-state index contributed by atoms with van der Waals surface area (Å²) in [5, 5.41) is 11.1. The van der Waals surface area contributed by atoms with E-state index >= 15 is 0 Å². The molecule has 0 bridgehead atoms. The summed E-state index contributed by atoms with van der Waals surface area (Å²) in [6, 6.07) is 7.89. The molecule has 8 nitrogen and oxygen atoms in total. The molecule has 1 aromatic heterocycles. The van der Waals surface area contributed by atoms with Crippen molar-refractivity contribution in [2.75, 3.05) is 31.1 Å². The average Bonchev–Trinajstić information content (AvgIpc) is 2.62. The highest BCUT2D eigenvalue weighted by Gasteiger charge is 2.31. The summed E-state index contributed by atoms with van der Waals surface area (Å²) in [6.07, 6.45) is 1.70. The predicted molar refractivity (Wildman–Crippen MR) is 101 cm³/mol. The molecule has 2 aromatic rings. The molecule has 138 valence electrons. The zero-order chi connectivity index (χ0) is 18.9. The Bertz CT molecular complexity index is 926. The van der Waals surface area contributed by atoms with Gasteiger partial charge in [0.15, 0.2) is 0 Å². The fourth-order valence-electron chi connectivity index (χ4n) is 2.93. The molecule has 1 fully saturated rings. The number of benzene rings is 1. The fourth-order valence-corrected chi connectivity index (χ4v) is 4.83. The van der Waals surface area contributed by atoms with E-state index in [9.17, 15) is 18.5 Å². The number of nitro groups is 1. The highest BCUT2D eigenvalue weighted by molar-refractivity contribution is 9.10. The van der Waals surface area contributed by atoms with Crippen molar-refractivity contribution in [1.29, 1.82) is 0 Å². The van der Waals surface area contributed by atoms with Crippen LogP contribution in [0.1, 0.15) is 5.56 Å². The van der Waals surface area contributed by atoms with Crippen LogP contribution in [0.2, 0.25) is 0 Å². The SMILES string of the molecule is Cc1c([N+](=O)[O-])cccc1S(=O)(=O)N1CCN(c2ccc(Br)cn2)CC1. The van der Waals surface area contributed by atoms with Crippen LogP contribution in [-0.4, -0.2) is 48.8 Å². The monoisotopic (exact) mass is 440 g/mol. The van der Waals surface area contributed by atoms with Gasteiger partial charge in [0.05, 0.1) is 9.82 Å². The first-order chi connectivity index (χ1) is 12.3. The lowest BCUT2D eigenvalue weighted by Gasteiger charge is -2.34. The molecule has 1 aromatic carbocycles. The van der Waals surface area contributed by atoms with Gasteiger partial charge >= 0.3 is 0 Å². The summed E-state index contributed by atoms with van der Waals surface area (Å²) in [4.78, 5) is 16.8. The standard InChI is InChI=1S/C16H17BrN4O4S/c1-12-14(21(22)23)3-2-4-15(12)26(24,25)20-9-7-19(8-10-20)16-6-5-13(17)11-18-16/h2-6,11H,7-10H2,1H3. The van der Waals surface area contributed by atoms with Gasteiger partial charge in [-0.2, -0.15) is 4.31 Å². The van der Waals surface area contributed by atoms with Gasteiger partial charge in [-0.1, -0.05) is 6.07 Å². The van der Waals surface area contributed by atoms with Gasteiger partial charge in [-0.15, -0.1) is 0 Å². The Balaban J connectivity index is 1.79. The van der Waals surface area contributed by atoms with E-state index in [1.165, 1.54) is 29.4 Å². The molecule has 0 amide bonds. The third kappa shape index (κ3) is 3.57. The first kappa shape index (κ1) is 18.7. The Morgan fingerprint density at radius 1 is 1.15 bits per heavy atom. The van der Waals surface area contributed by atoms with E-state index in [-0.39, 0.29) is 16.1 Å². The Morgan fingerprint density at radius 3 is 2.42 bits per heavy atom. The number of sulfonamides is 1. The van der Waals surface area contributed by atoms with Gasteiger partial charge in [-0.3, -0.25) is 10.1 Å². The zero-order valence-corrected chi connectivity index (χ0v) is 16.4. The van der Waals surface area contributed by atoms with E-state index in [0.717, 1.165) is 10.3 Å². The zero-order valence-electron chi connectivity index (χ0n) is 14.0. The smallest absolute Gasteiger partial charge is 0.273 e. The van der Waals surface area contributed by atoms with E-state index in [0.29, 0.717) is 26.2 Å². The summed E-state index contributed by atoms with van der Waals surface area (Å²) < 4.78 is 28.1. The normalized spacial score (nSPS) is 15.8. The highest BCUT2D eigenvalue weighted by atomic mass is 79.9. The maximum atomic E-state index is 12.9. The van der Waals surface area contributed by atoms with Crippen LogP contribution in [0.5, 0.6) is 0 Å². The van der Waals surface area contributed by atoms with Gasteiger partial charge in [-0.25, -0.2) is 13.4 Å². The van der Waals surface area contributed by atoms with Gasteiger partial charge in [0, 0.05) is 48.5 Å². The molecule has 3 rings (SSSR count). The number of piperazine rings is 1. The van der Waals surface area contributed by atoms with Crippen molar-refractivity contribution in [3.63, 3.8) is 0 Å². The Hall–Kier alpha value is -2.04. The Labute approximate surface area is 159 Å². The third-order valence-electron chi connectivity index (χ3n) is 4.34. The number of nitrogens with zero attached hydrogens (tertiary/aromatic N) is 4. The largest absolute Gasteiger partial charge is 0.354 e. The molecule has 1 saturated heterocycles. The quantitative estimate of drug-likeness (QED) is 0.535. The number of hydrogen-bond acceptors (Lipinski definition) is 6. The van der Waals surface area contributed by atoms with Crippen LogP contribution in [0.3, 0.4) is 0 Å². The first-order valence-electron chi connectivity index (χ1n) is 7.91. The van der Waals surface area contributed by atoms with Crippen molar-refractivity contribution in [3.8, 4) is 0 Å². The van der Waals surface area contributed by atoms with Gasteiger partial charge < -0.3 is 4.90 Å². The van der Waals surface area contributed by atoms with Crippen LogP contribution in [0.4, 0.5) is 11.5 Å². The summed E-state index contributed by atoms with van der Waals surface area (Å²) in [5.41, 5.74) is -0.0294. The number of rotatable bonds is 4. The molecular weight excluding hydrogens is 424 g/mol. The second kappa shape index (κ2) is 7.29. The van der Waals surface area contributed by atoms with Gasteiger partial charge in [0.1, 0.15) is 5.82 Å². The second-order valence-corrected chi connectivity index (χ2v) is 8.71. The van der Waals surface area contributed by atoms with Crippen LogP contribution in [-0.2, 0) is 10.0 Å². The summed E-state index contributed by atoms with van der Waals surface area (Å²) in [5.74, 6) is 0.789. The molecule has 10 heteroatoms. The molecule has 26 heavy (non-hydrogen) atoms. The number of pyridine rings is 1. The van der Waals surface area contributed by atoms with Crippen molar-refractivity contribution in [1.82, 2.24) is 9.29 Å². The lowest BCUT2D eigenvalue weighted by molar-refractivity contribution is -0.385. The maximum absolute atomic E-state index is 12.9. The number of hydrogen-bond donors (Lipinski definition) is 0. The molecular formula is C16H17BrN4O4S. The molecule has 0 N–H and O–H groups in total. The third-order valence-corrected chi connectivity index (χ3v) is 6.86. The summed E-state index contributed by atoms with van der Waals surface area (Å²) in [7, 11) is -3.79. The molecule has 0 unspecified atom stereocenters. The van der Waals surface area contributed by atoms with Crippen LogP contribution in [0.25, 0.3) is 0 Å². The predicted octanol–water partition coefficient (Wildman–Crippen LogP) is 2.57. The van der Waals surface area contributed by atoms with Gasteiger partial charge in [0.2, 0.25) is 10.0 Å². The van der Waals surface area contributed by atoms with E-state index < -0.39 is 14.9 Å². The number of anilines is 1. The Kier molecular flexibility index (Phi) is 5.26. The lowest BCUT2D eigenvalue weighted by Crippen LogP contribution is -2.49. The van der Waals surface area contributed by atoms with E-state index in [1.807, 2.05) is 17.0 Å². The molecule has 1 aliphatic heterocycles. The maximum Gasteiger partial charge on any atom is 0.273 e. The molecule has 0 atom stereocenters. The van der Waals surface area contributed by atoms with Crippen LogP contribution in [0, 0.1) is 17.0 Å². The molecule has 0 spiro atoms. The highest BCUT2D eigenvalue weighted by Crippen LogP contribution is 2.28.